The molecule has 0 radical (unpaired) electrons. The average molecular weight is 299 g/mol. The highest BCUT2D eigenvalue weighted by Crippen LogP contribution is 2.10. The van der Waals surface area contributed by atoms with Crippen LogP contribution in [0.25, 0.3) is 0 Å². The first kappa shape index (κ1) is 16.7. The second kappa shape index (κ2) is 7.40. The lowest BCUT2D eigenvalue weighted by Gasteiger charge is -2.16. The van der Waals surface area contributed by atoms with E-state index in [9.17, 15) is 13.2 Å². The monoisotopic (exact) mass is 299 g/mol. The molecule has 0 saturated heterocycles. The normalized spacial score (nSPS) is 11.8. The third-order valence-corrected chi connectivity index (χ3v) is 4.10. The van der Waals surface area contributed by atoms with Crippen LogP contribution < -0.4 is 0 Å². The summed E-state index contributed by atoms with van der Waals surface area (Å²) in [6.45, 7) is 1.39. The lowest BCUT2D eigenvalue weighted by Crippen LogP contribution is -2.24. The van der Waals surface area contributed by atoms with Gasteiger partial charge < -0.3 is 10.0 Å². The van der Waals surface area contributed by atoms with E-state index in [-0.39, 0.29) is 5.75 Å². The Labute approximate surface area is 120 Å². The van der Waals surface area contributed by atoms with E-state index in [4.69, 9.17) is 5.11 Å². The summed E-state index contributed by atoms with van der Waals surface area (Å²) in [6.07, 6.45) is 2.46. The number of aromatic carboxylic acids is 1. The number of rotatable bonds is 8. The van der Waals surface area contributed by atoms with Gasteiger partial charge in [-0.25, -0.2) is 13.2 Å². The van der Waals surface area contributed by atoms with Crippen LogP contribution in [0, 0.1) is 0 Å². The van der Waals surface area contributed by atoms with Gasteiger partial charge in [0.05, 0.1) is 11.3 Å². The molecular weight excluding hydrogens is 278 g/mol. The van der Waals surface area contributed by atoms with E-state index in [2.05, 4.69) is 0 Å². The van der Waals surface area contributed by atoms with Gasteiger partial charge in [-0.05, 0) is 38.1 Å². The Morgan fingerprint density at radius 2 is 1.90 bits per heavy atom. The molecule has 1 aromatic rings. The van der Waals surface area contributed by atoms with Gasteiger partial charge >= 0.3 is 5.97 Å². The summed E-state index contributed by atoms with van der Waals surface area (Å²) in [5.74, 6) is -0.733. The fourth-order valence-corrected chi connectivity index (χ4v) is 2.62. The highest BCUT2D eigenvalue weighted by Gasteiger charge is 2.10. The molecule has 0 aromatic heterocycles. The Kier molecular flexibility index (Phi) is 6.16. The number of benzene rings is 1. The first-order valence-electron chi connectivity index (χ1n) is 6.47. The Morgan fingerprint density at radius 3 is 2.50 bits per heavy atom. The summed E-state index contributed by atoms with van der Waals surface area (Å²) in [6, 6.07) is 6.95. The molecule has 6 heteroatoms. The predicted octanol–water partition coefficient (Wildman–Crippen LogP) is 1.29. The molecule has 0 unspecified atom stereocenters. The molecule has 0 spiro atoms. The van der Waals surface area contributed by atoms with Gasteiger partial charge in [-0.1, -0.05) is 18.2 Å². The van der Waals surface area contributed by atoms with E-state index >= 15 is 0 Å². The molecule has 0 bridgehead atoms. The molecule has 5 nitrogen and oxygen atoms in total. The molecule has 0 fully saturated rings. The Hall–Kier alpha value is -1.40. The molecule has 0 aliphatic heterocycles. The van der Waals surface area contributed by atoms with Crippen molar-refractivity contribution in [2.75, 3.05) is 32.1 Å². The standard InChI is InChI=1S/C14H21NO4S/c1-15(9-5-11-20(2,18)19)10-8-12-6-3-4-7-13(12)14(16)17/h3-4,6-7H,5,8-11H2,1-2H3,(H,16,17). The molecule has 20 heavy (non-hydrogen) atoms. The number of hydrogen-bond donors (Lipinski definition) is 1. The van der Waals surface area contributed by atoms with Gasteiger partial charge in [0.1, 0.15) is 9.84 Å². The van der Waals surface area contributed by atoms with Crippen LogP contribution in [0.1, 0.15) is 22.3 Å². The van der Waals surface area contributed by atoms with Gasteiger partial charge in [0.2, 0.25) is 0 Å². The SMILES string of the molecule is CN(CCCS(C)(=O)=O)CCc1ccccc1C(=O)O. The van der Waals surface area contributed by atoms with Crippen LogP contribution in [0.3, 0.4) is 0 Å². The molecule has 0 saturated carbocycles. The van der Waals surface area contributed by atoms with Crippen LogP contribution >= 0.6 is 0 Å². The molecule has 1 aromatic carbocycles. The van der Waals surface area contributed by atoms with Crippen LogP contribution in [0.15, 0.2) is 24.3 Å². The molecule has 1 rings (SSSR count). The van der Waals surface area contributed by atoms with Gasteiger partial charge in [-0.15, -0.1) is 0 Å². The maximum atomic E-state index is 11.1. The summed E-state index contributed by atoms with van der Waals surface area (Å²) < 4.78 is 22.1. The molecule has 0 aliphatic carbocycles. The third-order valence-electron chi connectivity index (χ3n) is 3.07. The molecule has 0 aliphatic rings. The lowest BCUT2D eigenvalue weighted by atomic mass is 10.0. The van der Waals surface area contributed by atoms with E-state index in [1.807, 2.05) is 24.1 Å². The van der Waals surface area contributed by atoms with Crippen LogP contribution in [-0.2, 0) is 16.3 Å². The summed E-state index contributed by atoms with van der Waals surface area (Å²) in [4.78, 5) is 13.1. The number of sulfone groups is 1. The average Bonchev–Trinajstić information content (AvgIpc) is 2.35. The largest absolute Gasteiger partial charge is 0.478 e. The zero-order valence-corrected chi connectivity index (χ0v) is 12.7. The first-order chi connectivity index (χ1) is 9.29. The minimum atomic E-state index is -2.91. The minimum absolute atomic E-state index is 0.184. The van der Waals surface area contributed by atoms with E-state index < -0.39 is 15.8 Å². The van der Waals surface area contributed by atoms with Crippen LogP contribution in [0.4, 0.5) is 0 Å². The maximum absolute atomic E-state index is 11.1. The van der Waals surface area contributed by atoms with Crippen molar-refractivity contribution in [1.29, 1.82) is 0 Å². The number of carboxylic acids is 1. The van der Waals surface area contributed by atoms with Gasteiger partial charge in [-0.2, -0.15) is 0 Å². The van der Waals surface area contributed by atoms with Crippen molar-refractivity contribution in [2.24, 2.45) is 0 Å². The molecule has 1 N–H and O–H groups in total. The van der Waals surface area contributed by atoms with E-state index in [1.165, 1.54) is 6.26 Å². The summed E-state index contributed by atoms with van der Waals surface area (Å²) in [5.41, 5.74) is 1.13. The van der Waals surface area contributed by atoms with Crippen LogP contribution in [0.2, 0.25) is 0 Å². The third kappa shape index (κ3) is 6.16. The van der Waals surface area contributed by atoms with E-state index in [1.54, 1.807) is 12.1 Å². The van der Waals surface area contributed by atoms with Crippen molar-refractivity contribution in [1.82, 2.24) is 4.90 Å². The van der Waals surface area contributed by atoms with Crippen molar-refractivity contribution in [3.63, 3.8) is 0 Å². The Balaban J connectivity index is 2.45. The van der Waals surface area contributed by atoms with Crippen molar-refractivity contribution in [2.45, 2.75) is 12.8 Å². The number of carboxylic acid groups (broad SMARTS) is 1. The van der Waals surface area contributed by atoms with Gasteiger partial charge in [-0.3, -0.25) is 0 Å². The minimum Gasteiger partial charge on any atom is -0.478 e. The quantitative estimate of drug-likeness (QED) is 0.783. The number of hydrogen-bond acceptors (Lipinski definition) is 4. The summed E-state index contributed by atoms with van der Waals surface area (Å²) in [7, 11) is -1.00. The molecular formula is C14H21NO4S. The molecule has 0 heterocycles. The molecule has 112 valence electrons. The van der Waals surface area contributed by atoms with Crippen LogP contribution in [-0.4, -0.2) is 56.5 Å². The van der Waals surface area contributed by atoms with E-state index in [0.29, 0.717) is 31.5 Å². The number of nitrogens with zero attached hydrogens (tertiary/aromatic N) is 1. The zero-order valence-electron chi connectivity index (χ0n) is 11.9. The van der Waals surface area contributed by atoms with Crippen molar-refractivity contribution >= 4 is 15.8 Å². The lowest BCUT2D eigenvalue weighted by molar-refractivity contribution is 0.0695. The zero-order chi connectivity index (χ0) is 15.2. The maximum Gasteiger partial charge on any atom is 0.335 e. The predicted molar refractivity (Wildman–Crippen MR) is 78.9 cm³/mol. The highest BCUT2D eigenvalue weighted by molar-refractivity contribution is 7.90. The van der Waals surface area contributed by atoms with Crippen LogP contribution in [0.5, 0.6) is 0 Å². The fourth-order valence-electron chi connectivity index (χ4n) is 1.97. The second-order valence-corrected chi connectivity index (χ2v) is 7.26. The highest BCUT2D eigenvalue weighted by atomic mass is 32.2. The summed E-state index contributed by atoms with van der Waals surface area (Å²) in [5, 5.41) is 9.08. The topological polar surface area (TPSA) is 74.7 Å². The Bertz CT molecular complexity index is 554. The number of likely N-dealkylation sites (N-methyl/N-ethyl adjacent to an activating group) is 1. The van der Waals surface area contributed by atoms with Gasteiger partial charge in [0.15, 0.2) is 0 Å². The van der Waals surface area contributed by atoms with Crippen molar-refractivity contribution in [3.05, 3.63) is 35.4 Å². The number of carbonyl (C=O) groups is 1. The van der Waals surface area contributed by atoms with Crippen molar-refractivity contribution < 1.29 is 18.3 Å². The smallest absolute Gasteiger partial charge is 0.335 e. The van der Waals surface area contributed by atoms with E-state index in [0.717, 1.165) is 5.56 Å². The summed E-state index contributed by atoms with van der Waals surface area (Å²) >= 11 is 0. The molecule has 0 amide bonds. The van der Waals surface area contributed by atoms with Gasteiger partial charge in [0, 0.05) is 12.8 Å². The second-order valence-electron chi connectivity index (χ2n) is 5.00. The molecule has 0 atom stereocenters. The van der Waals surface area contributed by atoms with Crippen molar-refractivity contribution in [3.8, 4) is 0 Å². The van der Waals surface area contributed by atoms with Gasteiger partial charge in [0.25, 0.3) is 0 Å². The Morgan fingerprint density at radius 1 is 1.25 bits per heavy atom. The fraction of sp³-hybridized carbons (Fsp3) is 0.500. The first-order valence-corrected chi connectivity index (χ1v) is 8.53.